The Labute approximate surface area is 780 Å². The number of nitrogens with zero attached hydrogens (tertiary/aromatic N) is 8. The van der Waals surface area contributed by atoms with Gasteiger partial charge in [-0.05, 0) is 201 Å². The predicted octanol–water partition coefficient (Wildman–Crippen LogP) is 32.0. The van der Waals surface area contributed by atoms with Gasteiger partial charge in [-0.15, -0.1) is 0 Å². The summed E-state index contributed by atoms with van der Waals surface area (Å²) in [5.74, 6) is 3.99. The van der Waals surface area contributed by atoms with Gasteiger partial charge in [-0.25, -0.2) is 19.9 Å². The minimum Gasteiger partial charge on any atom is -0.292 e. The Morgan fingerprint density at radius 1 is 0.164 bits per heavy atom. The highest BCUT2D eigenvalue weighted by Crippen LogP contribution is 2.54. The van der Waals surface area contributed by atoms with Crippen LogP contribution >= 0.6 is 0 Å². The number of hydrogen-bond acceptors (Lipinski definition) is 4. The zero-order valence-electron chi connectivity index (χ0n) is 76.1. The van der Waals surface area contributed by atoms with Crippen molar-refractivity contribution >= 4 is 65.7 Å². The maximum Gasteiger partial charge on any atom is 0.145 e. The minimum absolute atomic E-state index is 0.108. The van der Waals surface area contributed by atoms with Crippen molar-refractivity contribution < 1.29 is 0 Å². The third kappa shape index (κ3) is 13.2. The highest BCUT2D eigenvalue weighted by atomic mass is 15.1. The summed E-state index contributed by atoms with van der Waals surface area (Å²) < 4.78 is 9.45. The van der Waals surface area contributed by atoms with E-state index in [0.717, 1.165) is 67.6 Å². The Hall–Kier alpha value is -16.4. The van der Waals surface area contributed by atoms with Gasteiger partial charge in [0.15, 0.2) is 0 Å². The summed E-state index contributed by atoms with van der Waals surface area (Å²) in [6, 6.07) is 156. The van der Waals surface area contributed by atoms with E-state index in [9.17, 15) is 0 Å². The second-order valence-electron chi connectivity index (χ2n) is 38.1. The highest BCUT2D eigenvalue weighted by Gasteiger charge is 2.41. The van der Waals surface area contributed by atoms with E-state index in [1.165, 1.54) is 167 Å². The second kappa shape index (κ2) is 31.7. The van der Waals surface area contributed by atoms with Gasteiger partial charge in [-0.3, -0.25) is 18.3 Å². The molecule has 0 atom stereocenters. The molecule has 0 saturated carbocycles. The van der Waals surface area contributed by atoms with Crippen LogP contribution in [0.15, 0.2) is 437 Å². The summed E-state index contributed by atoms with van der Waals surface area (Å²) in [7, 11) is 0. The lowest BCUT2D eigenvalue weighted by Crippen LogP contribution is -2.26. The molecule has 0 bridgehead atoms. The molecule has 23 aromatic rings. The van der Waals surface area contributed by atoms with Crippen LogP contribution in [0.3, 0.4) is 0 Å². The van der Waals surface area contributed by atoms with Crippen molar-refractivity contribution in [2.24, 2.45) is 0 Å². The van der Waals surface area contributed by atoms with E-state index in [1.807, 2.05) is 0 Å². The standard InChI is InChI=1S/C34H26N2.2C32H24N2.C28H22N2/c1-34(2)28-14-9-15-30-32(28)36(33(35-30)26-12-7-4-8-13-26)31-21-20-27(22-29(31)34)25-18-16-24(17-19-25)23-10-5-3-6-11-23;1-32(2)26-16-9-17-28-30(26)34(31(33-28)22-11-4-3-5-12-22)29-19-18-23(20-27(29)32)25-15-8-13-21-10-6-7-14-24(21)25;1-32(2)26-13-8-14-28-30(26)34(31(33-28)22-10-4-3-5-11-22)29-18-17-25(20-27(29)32)24-16-15-21-9-6-7-12-23(21)19-24;1-28(2)22-14-9-15-24-26(22)30(27(29-24)20-12-7-4-8-13-20)25-17-16-21(18-23(25)28)19-10-5-3-6-11-19/h3-22H,1-2H3;2*3-20H,1-2H3;3-18H,1-2H3. The fourth-order valence-electron chi connectivity index (χ4n) is 21.8. The molecule has 4 aromatic heterocycles. The van der Waals surface area contributed by atoms with Gasteiger partial charge in [0.25, 0.3) is 0 Å². The monoisotopic (exact) mass is 1720 g/mol. The number of para-hydroxylation sites is 4. The van der Waals surface area contributed by atoms with Crippen molar-refractivity contribution in [1.82, 2.24) is 38.2 Å². The molecule has 0 N–H and O–H groups in total. The van der Waals surface area contributed by atoms with Crippen molar-refractivity contribution in [3.05, 3.63) is 481 Å². The van der Waals surface area contributed by atoms with E-state index in [0.29, 0.717) is 0 Å². The van der Waals surface area contributed by atoms with E-state index >= 15 is 0 Å². The zero-order valence-corrected chi connectivity index (χ0v) is 76.1. The number of hydrogen-bond donors (Lipinski definition) is 0. The second-order valence-corrected chi connectivity index (χ2v) is 38.1. The van der Waals surface area contributed by atoms with Gasteiger partial charge in [0.2, 0.25) is 0 Å². The van der Waals surface area contributed by atoms with Crippen molar-refractivity contribution in [2.75, 3.05) is 0 Å². The number of fused-ring (bicyclic) bond motifs is 10. The molecule has 27 rings (SSSR count). The van der Waals surface area contributed by atoms with Crippen LogP contribution in [-0.4, -0.2) is 38.2 Å². The topological polar surface area (TPSA) is 71.3 Å². The maximum absolute atomic E-state index is 5.10. The van der Waals surface area contributed by atoms with Gasteiger partial charge < -0.3 is 0 Å². The largest absolute Gasteiger partial charge is 0.292 e. The summed E-state index contributed by atoms with van der Waals surface area (Å²) in [6.45, 7) is 18.7. The Kier molecular flexibility index (Phi) is 19.1. The van der Waals surface area contributed by atoms with Crippen molar-refractivity contribution in [3.8, 4) is 124 Å². The lowest BCUT2D eigenvalue weighted by Gasteiger charge is -2.35. The number of aromatic nitrogens is 8. The Bertz CT molecular complexity index is 8560. The number of imidazole rings is 4. The summed E-state index contributed by atoms with van der Waals surface area (Å²) in [6.07, 6.45) is 0. The Morgan fingerprint density at radius 3 is 0.761 bits per heavy atom. The quantitative estimate of drug-likeness (QED) is 0.144. The molecular formula is C126H96N8. The fraction of sp³-hybridized carbons (Fsp3) is 0.0952. The molecule has 0 unspecified atom stereocenters. The average Bonchev–Trinajstić information content (AvgIpc) is 1.52. The third-order valence-corrected chi connectivity index (χ3v) is 28.8. The van der Waals surface area contributed by atoms with E-state index in [1.54, 1.807) is 0 Å². The summed E-state index contributed by atoms with van der Waals surface area (Å²) in [5, 5.41) is 5.09. The molecule has 8 nitrogen and oxygen atoms in total. The highest BCUT2D eigenvalue weighted by molar-refractivity contribution is 6.00. The van der Waals surface area contributed by atoms with Crippen LogP contribution in [0.4, 0.5) is 0 Å². The van der Waals surface area contributed by atoms with E-state index in [-0.39, 0.29) is 21.7 Å². The molecule has 0 aliphatic carbocycles. The van der Waals surface area contributed by atoms with E-state index in [4.69, 9.17) is 19.9 Å². The maximum atomic E-state index is 5.10. The van der Waals surface area contributed by atoms with Crippen molar-refractivity contribution in [2.45, 2.75) is 77.0 Å². The van der Waals surface area contributed by atoms with Crippen LogP contribution in [0.2, 0.25) is 0 Å². The SMILES string of the molecule is CC1(C)c2cc(-c3ccc(-c4ccccc4)cc3)ccc2-n2c(-c3ccccc3)nc3cccc1c32.CC1(C)c2cc(-c3ccc4ccccc4c3)ccc2-n2c(-c3ccccc3)nc3cccc1c32.CC1(C)c2cc(-c3cccc4ccccc34)ccc2-n2c(-c3ccccc3)nc3cccc1c32.CC1(C)c2cc(-c3ccccc3)ccc2-n2c(-c3ccccc3)nc3cccc1c32. The number of benzene rings is 19. The fourth-order valence-corrected chi connectivity index (χ4v) is 21.8. The average molecular weight is 1720 g/mol. The predicted molar refractivity (Wildman–Crippen MR) is 557 cm³/mol. The molecule has 4 aliphatic heterocycles. The van der Waals surface area contributed by atoms with Gasteiger partial charge >= 0.3 is 0 Å². The van der Waals surface area contributed by atoms with Gasteiger partial charge in [-0.1, -0.05) is 413 Å². The molecule has 19 aromatic carbocycles. The molecule has 0 saturated heterocycles. The van der Waals surface area contributed by atoms with Crippen molar-refractivity contribution in [1.29, 1.82) is 0 Å². The normalized spacial score (nSPS) is 13.8. The van der Waals surface area contributed by atoms with Crippen LogP contribution in [0.1, 0.15) is 99.9 Å². The van der Waals surface area contributed by atoms with Crippen LogP contribution < -0.4 is 0 Å². The summed E-state index contributed by atoms with van der Waals surface area (Å²) >= 11 is 0. The summed E-state index contributed by atoms with van der Waals surface area (Å²) in [4.78, 5) is 20.4. The molecule has 0 fully saturated rings. The first-order chi connectivity index (χ1) is 65.5. The van der Waals surface area contributed by atoms with Gasteiger partial charge in [-0.2, -0.15) is 0 Å². The van der Waals surface area contributed by atoms with E-state index in [2.05, 4.69) is 510 Å². The molecular weight excluding hydrogens is 1630 g/mol. The molecule has 8 heteroatoms. The minimum atomic E-state index is -0.140. The van der Waals surface area contributed by atoms with Crippen molar-refractivity contribution in [3.63, 3.8) is 0 Å². The molecule has 134 heavy (non-hydrogen) atoms. The molecule has 0 amide bonds. The molecule has 640 valence electrons. The first kappa shape index (κ1) is 80.9. The molecule has 0 spiro atoms. The lowest BCUT2D eigenvalue weighted by molar-refractivity contribution is 0.629. The lowest BCUT2D eigenvalue weighted by atomic mass is 9.74. The van der Waals surface area contributed by atoms with Gasteiger partial charge in [0.05, 0.1) is 66.9 Å². The smallest absolute Gasteiger partial charge is 0.145 e. The molecule has 0 radical (unpaired) electrons. The molecule has 4 aliphatic rings. The first-order valence-corrected chi connectivity index (χ1v) is 46.6. The Balaban J connectivity index is 0.0000000983. The molecule has 8 heterocycles. The van der Waals surface area contributed by atoms with Crippen LogP contribution in [0.25, 0.3) is 190 Å². The third-order valence-electron chi connectivity index (χ3n) is 28.8. The van der Waals surface area contributed by atoms with Crippen LogP contribution in [0.5, 0.6) is 0 Å². The van der Waals surface area contributed by atoms with Crippen LogP contribution in [-0.2, 0) is 21.7 Å². The Morgan fingerprint density at radius 2 is 0.403 bits per heavy atom. The summed E-state index contributed by atoms with van der Waals surface area (Å²) in [5.41, 5.74) is 41.0. The first-order valence-electron chi connectivity index (χ1n) is 46.6. The van der Waals surface area contributed by atoms with Gasteiger partial charge in [0.1, 0.15) is 23.3 Å². The van der Waals surface area contributed by atoms with Crippen LogP contribution in [0, 0.1) is 0 Å². The number of rotatable bonds is 9. The van der Waals surface area contributed by atoms with Gasteiger partial charge in [0, 0.05) is 43.9 Å². The zero-order chi connectivity index (χ0) is 90.3. The van der Waals surface area contributed by atoms with E-state index < -0.39 is 0 Å².